The third-order valence-corrected chi connectivity index (χ3v) is 2.05. The first-order valence-electron chi connectivity index (χ1n) is 3.71. The molecule has 0 spiro atoms. The van der Waals surface area contributed by atoms with Crippen LogP contribution in [0.2, 0.25) is 0 Å². The molecule has 0 atom stereocenters. The molecule has 0 bridgehead atoms. The summed E-state index contributed by atoms with van der Waals surface area (Å²) in [5, 5.41) is 0.956. The van der Waals surface area contributed by atoms with Gasteiger partial charge in [-0.15, -0.1) is 11.8 Å². The number of hydrogen-bond donors (Lipinski definition) is 2. The van der Waals surface area contributed by atoms with Gasteiger partial charge in [0.25, 0.3) is 0 Å². The molecule has 4 nitrogen and oxygen atoms in total. The summed E-state index contributed by atoms with van der Waals surface area (Å²) in [6.07, 6.45) is 0. The number of nitrogens with two attached hydrogens (primary N) is 1. The van der Waals surface area contributed by atoms with Crippen LogP contribution in [0.15, 0.2) is 11.1 Å². The lowest BCUT2D eigenvalue weighted by molar-refractivity contribution is 0.994. The SMILES string of the molecule is CCSc1cc(C)nc(NN)n1. The highest BCUT2D eigenvalue weighted by Crippen LogP contribution is 2.16. The molecule has 0 radical (unpaired) electrons. The normalized spacial score (nSPS) is 9.92. The van der Waals surface area contributed by atoms with E-state index < -0.39 is 0 Å². The maximum absolute atomic E-state index is 5.20. The molecule has 1 aromatic heterocycles. The second-order valence-corrected chi connectivity index (χ2v) is 3.53. The summed E-state index contributed by atoms with van der Waals surface area (Å²) in [5.74, 6) is 6.68. The molecular formula is C7H12N4S. The van der Waals surface area contributed by atoms with Gasteiger partial charge < -0.3 is 0 Å². The van der Waals surface area contributed by atoms with Crippen molar-refractivity contribution >= 4 is 17.7 Å². The number of aryl methyl sites for hydroxylation is 1. The molecule has 5 heteroatoms. The topological polar surface area (TPSA) is 63.8 Å². The molecule has 3 N–H and O–H groups in total. The van der Waals surface area contributed by atoms with E-state index in [9.17, 15) is 0 Å². The van der Waals surface area contributed by atoms with Gasteiger partial charge in [-0.25, -0.2) is 15.8 Å². The molecule has 0 saturated carbocycles. The first kappa shape index (κ1) is 9.28. The molecule has 0 unspecified atom stereocenters. The van der Waals surface area contributed by atoms with Crippen molar-refractivity contribution in [2.24, 2.45) is 5.84 Å². The second-order valence-electron chi connectivity index (χ2n) is 2.25. The molecular weight excluding hydrogens is 172 g/mol. The maximum atomic E-state index is 5.20. The number of nitrogens with zero attached hydrogens (tertiary/aromatic N) is 2. The highest BCUT2D eigenvalue weighted by molar-refractivity contribution is 7.99. The third kappa shape index (κ3) is 2.35. The van der Waals surface area contributed by atoms with Gasteiger partial charge in [0.2, 0.25) is 5.95 Å². The van der Waals surface area contributed by atoms with E-state index in [4.69, 9.17) is 5.84 Å². The van der Waals surface area contributed by atoms with Crippen LogP contribution in [-0.4, -0.2) is 15.7 Å². The van der Waals surface area contributed by atoms with E-state index in [0.29, 0.717) is 5.95 Å². The van der Waals surface area contributed by atoms with E-state index in [2.05, 4.69) is 22.3 Å². The molecule has 0 aromatic carbocycles. The highest BCUT2D eigenvalue weighted by atomic mass is 32.2. The number of aromatic nitrogens is 2. The van der Waals surface area contributed by atoms with Crippen molar-refractivity contribution in [1.82, 2.24) is 9.97 Å². The number of hydrogen-bond acceptors (Lipinski definition) is 5. The Morgan fingerprint density at radius 2 is 2.33 bits per heavy atom. The second kappa shape index (κ2) is 4.27. The van der Waals surface area contributed by atoms with Crippen molar-refractivity contribution in [1.29, 1.82) is 0 Å². The highest BCUT2D eigenvalue weighted by Gasteiger charge is 1.99. The fourth-order valence-corrected chi connectivity index (χ4v) is 1.53. The summed E-state index contributed by atoms with van der Waals surface area (Å²) < 4.78 is 0. The first-order chi connectivity index (χ1) is 5.76. The summed E-state index contributed by atoms with van der Waals surface area (Å²) in [6, 6.07) is 1.94. The van der Waals surface area contributed by atoms with Crippen LogP contribution in [0.1, 0.15) is 12.6 Å². The molecule has 0 saturated heterocycles. The smallest absolute Gasteiger partial charge is 0.238 e. The predicted molar refractivity (Wildman–Crippen MR) is 51.0 cm³/mol. The zero-order valence-electron chi connectivity index (χ0n) is 7.16. The summed E-state index contributed by atoms with van der Waals surface area (Å²) in [4.78, 5) is 8.23. The van der Waals surface area contributed by atoms with Crippen LogP contribution >= 0.6 is 11.8 Å². The number of hydrazine groups is 1. The van der Waals surface area contributed by atoms with Crippen molar-refractivity contribution in [2.75, 3.05) is 11.2 Å². The van der Waals surface area contributed by atoms with Crippen LogP contribution in [0, 0.1) is 6.92 Å². The van der Waals surface area contributed by atoms with E-state index in [1.54, 1.807) is 11.8 Å². The Hall–Kier alpha value is -0.810. The molecule has 0 fully saturated rings. The monoisotopic (exact) mass is 184 g/mol. The maximum Gasteiger partial charge on any atom is 0.238 e. The van der Waals surface area contributed by atoms with Crippen LogP contribution in [0.5, 0.6) is 0 Å². The van der Waals surface area contributed by atoms with Crippen molar-refractivity contribution in [3.63, 3.8) is 0 Å². The Morgan fingerprint density at radius 1 is 1.58 bits per heavy atom. The Balaban J connectivity index is 2.90. The minimum atomic E-state index is 0.478. The minimum Gasteiger partial charge on any atom is -0.292 e. The zero-order valence-corrected chi connectivity index (χ0v) is 7.98. The molecule has 0 aliphatic carbocycles. The van der Waals surface area contributed by atoms with E-state index >= 15 is 0 Å². The van der Waals surface area contributed by atoms with E-state index in [1.807, 2.05) is 13.0 Å². The Labute approximate surface area is 75.9 Å². The van der Waals surface area contributed by atoms with E-state index in [1.165, 1.54) is 0 Å². The van der Waals surface area contributed by atoms with Crippen LogP contribution in [0.25, 0.3) is 0 Å². The average molecular weight is 184 g/mol. The molecule has 1 heterocycles. The van der Waals surface area contributed by atoms with Gasteiger partial charge in [0.1, 0.15) is 5.03 Å². The average Bonchev–Trinajstić information content (AvgIpc) is 2.04. The van der Waals surface area contributed by atoms with Crippen LogP contribution < -0.4 is 11.3 Å². The Morgan fingerprint density at radius 3 is 2.92 bits per heavy atom. The largest absolute Gasteiger partial charge is 0.292 e. The molecule has 12 heavy (non-hydrogen) atoms. The summed E-state index contributed by atoms with van der Waals surface area (Å²) in [7, 11) is 0. The standard InChI is InChI=1S/C7H12N4S/c1-3-12-6-4-5(2)9-7(10-6)11-8/h4H,3,8H2,1-2H3,(H,9,10,11). The summed E-state index contributed by atoms with van der Waals surface area (Å²) >= 11 is 1.67. The van der Waals surface area contributed by atoms with Crippen molar-refractivity contribution in [3.05, 3.63) is 11.8 Å². The summed E-state index contributed by atoms with van der Waals surface area (Å²) in [6.45, 7) is 4.00. The van der Waals surface area contributed by atoms with Crippen LogP contribution in [0.4, 0.5) is 5.95 Å². The predicted octanol–water partition coefficient (Wildman–Crippen LogP) is 1.18. The van der Waals surface area contributed by atoms with Gasteiger partial charge in [-0.3, -0.25) is 5.43 Å². The Kier molecular flexibility index (Phi) is 3.31. The number of rotatable bonds is 3. The first-order valence-corrected chi connectivity index (χ1v) is 4.70. The third-order valence-electron chi connectivity index (χ3n) is 1.25. The molecule has 0 aliphatic heterocycles. The minimum absolute atomic E-state index is 0.478. The van der Waals surface area contributed by atoms with Crippen molar-refractivity contribution in [3.8, 4) is 0 Å². The lowest BCUT2D eigenvalue weighted by atomic mass is 10.5. The number of anilines is 1. The fourth-order valence-electron chi connectivity index (χ4n) is 0.826. The van der Waals surface area contributed by atoms with E-state index in [-0.39, 0.29) is 0 Å². The van der Waals surface area contributed by atoms with Gasteiger partial charge in [0, 0.05) is 5.69 Å². The van der Waals surface area contributed by atoms with E-state index in [0.717, 1.165) is 16.5 Å². The molecule has 1 rings (SSSR count). The quantitative estimate of drug-likeness (QED) is 0.320. The van der Waals surface area contributed by atoms with Gasteiger partial charge in [-0.05, 0) is 18.7 Å². The number of thioether (sulfide) groups is 1. The summed E-state index contributed by atoms with van der Waals surface area (Å²) in [5.41, 5.74) is 3.36. The number of nitrogen functional groups attached to an aromatic ring is 1. The van der Waals surface area contributed by atoms with Crippen LogP contribution in [0.3, 0.4) is 0 Å². The van der Waals surface area contributed by atoms with Gasteiger partial charge in [-0.2, -0.15) is 0 Å². The van der Waals surface area contributed by atoms with Crippen LogP contribution in [-0.2, 0) is 0 Å². The van der Waals surface area contributed by atoms with Gasteiger partial charge >= 0.3 is 0 Å². The van der Waals surface area contributed by atoms with Gasteiger partial charge in [0.15, 0.2) is 0 Å². The molecule has 0 amide bonds. The van der Waals surface area contributed by atoms with Crippen molar-refractivity contribution < 1.29 is 0 Å². The molecule has 0 aliphatic rings. The molecule has 1 aromatic rings. The number of nitrogens with one attached hydrogen (secondary N) is 1. The zero-order chi connectivity index (χ0) is 8.97. The van der Waals surface area contributed by atoms with Gasteiger partial charge in [0.05, 0.1) is 0 Å². The lowest BCUT2D eigenvalue weighted by Gasteiger charge is -2.02. The fraction of sp³-hybridized carbons (Fsp3) is 0.429. The van der Waals surface area contributed by atoms with Crippen molar-refractivity contribution in [2.45, 2.75) is 18.9 Å². The van der Waals surface area contributed by atoms with Gasteiger partial charge in [-0.1, -0.05) is 6.92 Å². The Bertz CT molecular complexity index is 264. The lowest BCUT2D eigenvalue weighted by Crippen LogP contribution is -2.11. The molecule has 66 valence electrons.